The van der Waals surface area contributed by atoms with Gasteiger partial charge in [-0.25, -0.2) is 4.79 Å². The summed E-state index contributed by atoms with van der Waals surface area (Å²) >= 11 is 9.42. The summed E-state index contributed by atoms with van der Waals surface area (Å²) in [6.45, 7) is 0. The molecule has 0 aromatic heterocycles. The number of nitrogens with zero attached hydrogens (tertiary/aromatic N) is 1. The van der Waals surface area contributed by atoms with Gasteiger partial charge >= 0.3 is 5.97 Å². The summed E-state index contributed by atoms with van der Waals surface area (Å²) in [4.78, 5) is 15.2. The Labute approximate surface area is 150 Å². The van der Waals surface area contributed by atoms with Crippen molar-refractivity contribution >= 4 is 45.4 Å². The molecule has 2 aliphatic rings. The maximum atomic E-state index is 11.1. The maximum absolute atomic E-state index is 11.1. The number of aliphatic hydroxyl groups is 3. The molecule has 4 N–H and O–H groups in total. The molecule has 0 saturated carbocycles. The molecule has 2 heterocycles. The molecule has 0 bridgehead atoms. The average Bonchev–Trinajstić information content (AvgIpc) is 2.89. The molecule has 0 aliphatic carbocycles. The van der Waals surface area contributed by atoms with E-state index in [1.807, 2.05) is 0 Å². The Bertz CT molecular complexity index is 750. The fraction of sp³-hybridized carbons (Fsp3) is 0.429. The van der Waals surface area contributed by atoms with E-state index >= 15 is 0 Å². The van der Waals surface area contributed by atoms with Crippen molar-refractivity contribution in [3.8, 4) is 0 Å². The summed E-state index contributed by atoms with van der Waals surface area (Å²) in [6, 6.07) is 3.23. The Morgan fingerprint density at radius 3 is 2.71 bits per heavy atom. The summed E-state index contributed by atoms with van der Waals surface area (Å²) in [5, 5.41) is 38.8. The Hall–Kier alpha value is -1.07. The van der Waals surface area contributed by atoms with Gasteiger partial charge in [-0.1, -0.05) is 11.6 Å². The number of aliphatic imine (C=N–C) groups is 1. The van der Waals surface area contributed by atoms with E-state index < -0.39 is 42.8 Å². The second kappa shape index (κ2) is 6.68. The number of fused-ring (bicyclic) bond motifs is 1. The first-order chi connectivity index (χ1) is 11.7. The fourth-order valence-electron chi connectivity index (χ4n) is 2.44. The Morgan fingerprint density at radius 1 is 1.33 bits per heavy atom. The van der Waals surface area contributed by atoms with Gasteiger partial charge in [0.2, 0.25) is 0 Å². The molecule has 1 aromatic carbocycles. The van der Waals surface area contributed by atoms with E-state index in [0.717, 1.165) is 6.21 Å². The van der Waals surface area contributed by atoms with Crippen LogP contribution < -0.4 is 0 Å². The number of carboxylic acid groups (broad SMARTS) is 1. The number of hydrogen-bond donors (Lipinski definition) is 4. The van der Waals surface area contributed by atoms with E-state index in [1.54, 1.807) is 12.1 Å². The minimum absolute atomic E-state index is 0.158. The summed E-state index contributed by atoms with van der Waals surface area (Å²) in [6.07, 6.45) is -9.87. The Kier molecular flexibility index (Phi) is 4.56. The highest BCUT2D eigenvalue weighted by Gasteiger charge is 2.48. The van der Waals surface area contributed by atoms with Crippen molar-refractivity contribution in [2.45, 2.75) is 36.8 Å². The van der Waals surface area contributed by atoms with Crippen LogP contribution in [0.25, 0.3) is 0 Å². The number of carbonyl (C=O) groups is 1. The first-order valence-corrected chi connectivity index (χ1v) is 7.97. The van der Waals surface area contributed by atoms with Gasteiger partial charge in [-0.2, -0.15) is 0 Å². The number of benzene rings is 1. The number of rotatable bonds is 3. The highest BCUT2D eigenvalue weighted by molar-refractivity contribution is 9.10. The number of aliphatic carboxylic acids is 1. The van der Waals surface area contributed by atoms with Crippen molar-refractivity contribution in [3.63, 3.8) is 0 Å². The second-order valence-electron chi connectivity index (χ2n) is 5.23. The number of aliphatic hydroxyl groups excluding tert-OH is 3. The standard InChI is InChI=1S/C14H13BrClNO7/c15-4-1-2-5-7(8(4)16)6(3-17-5)23-14-11(20)9(18)10(19)12(24-14)13(21)22/h1-3,6,9-12,14,18-20H,(H,21,22)/t6?,9-,10-,11+,12-,14?/m0/s1/i6D. The predicted molar refractivity (Wildman–Crippen MR) is 85.4 cm³/mol. The molecule has 2 aliphatic heterocycles. The van der Waals surface area contributed by atoms with Crippen LogP contribution in [0.1, 0.15) is 13.0 Å². The zero-order chi connectivity index (χ0) is 18.5. The lowest BCUT2D eigenvalue weighted by atomic mass is 9.99. The normalized spacial score (nSPS) is 38.7. The molecule has 0 radical (unpaired) electrons. The van der Waals surface area contributed by atoms with Crippen molar-refractivity contribution in [2.75, 3.05) is 0 Å². The number of halogens is 2. The van der Waals surface area contributed by atoms with Crippen molar-refractivity contribution in [1.29, 1.82) is 0 Å². The van der Waals surface area contributed by atoms with Gasteiger partial charge in [-0.3, -0.25) is 4.99 Å². The SMILES string of the molecule is [2H]C1(OC2O[C@H](C(=O)O)[C@@H](O)[C@H](O)[C@H]2O)C=Nc2ccc(Br)c(Cl)c21. The smallest absolute Gasteiger partial charge is 0.335 e. The highest BCUT2D eigenvalue weighted by atomic mass is 79.9. The molecule has 2 unspecified atom stereocenters. The lowest BCUT2D eigenvalue weighted by Crippen LogP contribution is -2.60. The van der Waals surface area contributed by atoms with Crippen molar-refractivity contribution in [1.82, 2.24) is 0 Å². The molecule has 24 heavy (non-hydrogen) atoms. The molecular weight excluding hydrogens is 410 g/mol. The van der Waals surface area contributed by atoms with E-state index in [9.17, 15) is 20.1 Å². The van der Waals surface area contributed by atoms with Crippen LogP contribution in [-0.4, -0.2) is 63.3 Å². The molecule has 3 rings (SSSR count). The van der Waals surface area contributed by atoms with Gasteiger partial charge in [0, 0.05) is 16.3 Å². The van der Waals surface area contributed by atoms with Gasteiger partial charge in [0.25, 0.3) is 0 Å². The highest BCUT2D eigenvalue weighted by Crippen LogP contribution is 2.42. The number of hydrogen-bond acceptors (Lipinski definition) is 7. The lowest BCUT2D eigenvalue weighted by molar-refractivity contribution is -0.299. The van der Waals surface area contributed by atoms with Crippen molar-refractivity contribution in [2.24, 2.45) is 4.99 Å². The van der Waals surface area contributed by atoms with Crippen LogP contribution in [0.15, 0.2) is 21.6 Å². The van der Waals surface area contributed by atoms with Crippen LogP contribution in [0.2, 0.25) is 5.02 Å². The topological polar surface area (TPSA) is 129 Å². The maximum Gasteiger partial charge on any atom is 0.335 e. The van der Waals surface area contributed by atoms with Crippen LogP contribution in [0, 0.1) is 0 Å². The van der Waals surface area contributed by atoms with E-state index in [-0.39, 0.29) is 10.6 Å². The Balaban J connectivity index is 1.92. The van der Waals surface area contributed by atoms with E-state index in [1.165, 1.54) is 0 Å². The summed E-state index contributed by atoms with van der Waals surface area (Å²) in [5.41, 5.74) is 0.538. The molecule has 1 fully saturated rings. The van der Waals surface area contributed by atoms with Gasteiger partial charge in [0.05, 0.1) is 12.1 Å². The first-order valence-electron chi connectivity index (χ1n) is 7.29. The van der Waals surface area contributed by atoms with Crippen LogP contribution in [0.3, 0.4) is 0 Å². The van der Waals surface area contributed by atoms with Gasteiger partial charge in [0.15, 0.2) is 12.4 Å². The van der Waals surface area contributed by atoms with Crippen LogP contribution in [0.4, 0.5) is 5.69 Å². The zero-order valence-corrected chi connectivity index (χ0v) is 14.2. The molecular formula is C14H13BrClNO7. The number of ether oxygens (including phenoxy) is 2. The predicted octanol–water partition coefficient (Wildman–Crippen LogP) is 0.768. The minimum Gasteiger partial charge on any atom is -0.479 e. The first kappa shape index (κ1) is 16.4. The molecule has 1 aromatic rings. The van der Waals surface area contributed by atoms with Crippen LogP contribution in [-0.2, 0) is 14.3 Å². The molecule has 10 heteroatoms. The molecule has 0 amide bonds. The molecule has 130 valence electrons. The quantitative estimate of drug-likeness (QED) is 0.565. The third-order valence-corrected chi connectivity index (χ3v) is 4.98. The zero-order valence-electron chi connectivity index (χ0n) is 12.8. The van der Waals surface area contributed by atoms with Gasteiger partial charge in [-0.05, 0) is 28.1 Å². The van der Waals surface area contributed by atoms with E-state index in [2.05, 4.69) is 20.9 Å². The fourth-order valence-corrected chi connectivity index (χ4v) is 3.02. The van der Waals surface area contributed by atoms with Crippen LogP contribution >= 0.6 is 27.5 Å². The molecule has 0 spiro atoms. The third kappa shape index (κ3) is 2.97. The molecule has 8 nitrogen and oxygen atoms in total. The van der Waals surface area contributed by atoms with Crippen molar-refractivity contribution < 1.29 is 36.1 Å². The van der Waals surface area contributed by atoms with Crippen LogP contribution in [0.5, 0.6) is 0 Å². The van der Waals surface area contributed by atoms with E-state index in [0.29, 0.717) is 10.2 Å². The molecule has 6 atom stereocenters. The summed E-state index contributed by atoms with van der Waals surface area (Å²) in [5.74, 6) is -1.55. The summed E-state index contributed by atoms with van der Waals surface area (Å²) < 4.78 is 19.4. The summed E-state index contributed by atoms with van der Waals surface area (Å²) in [7, 11) is 0. The van der Waals surface area contributed by atoms with Gasteiger partial charge in [0.1, 0.15) is 24.4 Å². The third-order valence-electron chi connectivity index (χ3n) is 3.70. The van der Waals surface area contributed by atoms with Gasteiger partial charge < -0.3 is 29.9 Å². The second-order valence-corrected chi connectivity index (χ2v) is 6.46. The largest absolute Gasteiger partial charge is 0.479 e. The van der Waals surface area contributed by atoms with Gasteiger partial charge in [-0.15, -0.1) is 0 Å². The Morgan fingerprint density at radius 2 is 2.04 bits per heavy atom. The monoisotopic (exact) mass is 422 g/mol. The number of carboxylic acids is 1. The minimum atomic E-state index is -1.98. The molecule has 1 saturated heterocycles. The lowest BCUT2D eigenvalue weighted by Gasteiger charge is -2.39. The van der Waals surface area contributed by atoms with Crippen molar-refractivity contribution in [3.05, 3.63) is 27.2 Å². The van der Waals surface area contributed by atoms with E-state index in [4.69, 9.17) is 27.6 Å². The average molecular weight is 424 g/mol.